The van der Waals surface area contributed by atoms with Crippen molar-refractivity contribution in [3.8, 4) is 0 Å². The van der Waals surface area contributed by atoms with Gasteiger partial charge in [0, 0.05) is 53.1 Å². The number of benzene rings is 8. The quantitative estimate of drug-likeness (QED) is 0.108. The zero-order chi connectivity index (χ0) is 51.7. The van der Waals surface area contributed by atoms with E-state index in [4.69, 9.17) is 15.3 Å². The molecular weight excluding hydrogens is 1040 g/mol. The van der Waals surface area contributed by atoms with E-state index in [1.165, 1.54) is 119 Å². The van der Waals surface area contributed by atoms with Crippen molar-refractivity contribution >= 4 is 139 Å². The van der Waals surface area contributed by atoms with E-state index in [-0.39, 0.29) is 17.1 Å². The Bertz CT molecular complexity index is 3850. The zero-order valence-corrected chi connectivity index (χ0v) is 50.1. The van der Waals surface area contributed by atoms with Gasteiger partial charge in [-0.3, -0.25) is 0 Å². The van der Waals surface area contributed by atoms with Crippen molar-refractivity contribution in [1.82, 2.24) is 15.0 Å². The third kappa shape index (κ3) is 10.0. The maximum absolute atomic E-state index is 5.55. The van der Waals surface area contributed by atoms with Crippen LogP contribution in [-0.2, 0) is 17.1 Å². The fourth-order valence-electron chi connectivity index (χ4n) is 11.6. The van der Waals surface area contributed by atoms with Gasteiger partial charge >= 0.3 is 17.1 Å². The fraction of sp³-hybridized carbons (Fsp3) is 0.242. The van der Waals surface area contributed by atoms with Crippen LogP contribution in [0.5, 0.6) is 0 Å². The van der Waals surface area contributed by atoms with Gasteiger partial charge in [0.2, 0.25) is 0 Å². The second-order valence-corrected chi connectivity index (χ2v) is 33.4. The Morgan fingerprint density at radius 3 is 1.15 bits per heavy atom. The predicted molar refractivity (Wildman–Crippen MR) is 338 cm³/mol. The van der Waals surface area contributed by atoms with E-state index in [0.29, 0.717) is 22.6 Å². The summed E-state index contributed by atoms with van der Waals surface area (Å²) in [6.45, 7) is 27.8. The SMILES string of the molecule is Cc1ccc2[nH]c3ccc(C)cc3p(C(C)C)c3cccc4cc5cccc(c5nc43)p(C(C)C)c2c1.Cc1ccc2c(c1)[PH+](C(C)C)c1cccc3cc4cccc(c4nc13)[PH+](C(C)C)c1cc(C)ccc1[N-]2.[Cu+]. The van der Waals surface area contributed by atoms with Crippen LogP contribution in [0.1, 0.15) is 89.0 Å². The van der Waals surface area contributed by atoms with Gasteiger partial charge in [-0.25, -0.2) is 9.97 Å². The molecule has 8 aromatic carbocycles. The molecule has 4 nitrogen and oxygen atoms in total. The smallest absolute Gasteiger partial charge is 0.651 e. The van der Waals surface area contributed by atoms with Gasteiger partial charge in [0.1, 0.15) is 21.6 Å². The number of para-hydroxylation sites is 4. The molecule has 4 atom stereocenters. The van der Waals surface area contributed by atoms with Gasteiger partial charge in [-0.1, -0.05) is 135 Å². The first-order valence-electron chi connectivity index (χ1n) is 26.5. The van der Waals surface area contributed by atoms with Gasteiger partial charge in [-0.15, -0.1) is 15.1 Å². The molecule has 12 rings (SSSR count). The number of H-pyrrole nitrogens is 1. The first-order chi connectivity index (χ1) is 35.6. The second-order valence-electron chi connectivity index (χ2n) is 21.8. The molecule has 1 N–H and O–H groups in total. The topological polar surface area (TPSA) is 55.7 Å². The van der Waals surface area contributed by atoms with E-state index in [1.807, 2.05) is 0 Å². The molecule has 75 heavy (non-hydrogen) atoms. The molecule has 382 valence electrons. The van der Waals surface area contributed by atoms with Crippen molar-refractivity contribution in [3.05, 3.63) is 185 Å². The third-order valence-corrected chi connectivity index (χ3v) is 26.6. The molecule has 1 aliphatic heterocycles. The number of fused-ring (bicyclic) bond motifs is 4. The van der Waals surface area contributed by atoms with Crippen LogP contribution in [0, 0.1) is 27.7 Å². The number of pyridine rings is 2. The van der Waals surface area contributed by atoms with Gasteiger partial charge in [0.05, 0.1) is 48.8 Å². The summed E-state index contributed by atoms with van der Waals surface area (Å²) in [6.07, 6.45) is 0. The van der Waals surface area contributed by atoms with E-state index < -0.39 is 30.9 Å². The van der Waals surface area contributed by atoms with E-state index in [0.717, 1.165) is 11.4 Å². The van der Waals surface area contributed by atoms with Gasteiger partial charge in [-0.2, -0.15) is 0 Å². The first kappa shape index (κ1) is 53.1. The van der Waals surface area contributed by atoms with Crippen molar-refractivity contribution in [3.63, 3.8) is 0 Å². The Balaban J connectivity index is 0.000000169. The molecular formula is C66H69CuN4P4+2. The molecule has 3 aromatic heterocycles. The van der Waals surface area contributed by atoms with Crippen molar-refractivity contribution in [2.24, 2.45) is 0 Å². The van der Waals surface area contributed by atoms with Gasteiger partial charge in [0.25, 0.3) is 0 Å². The Hall–Kier alpha value is -5.32. The van der Waals surface area contributed by atoms with Gasteiger partial charge < -0.3 is 10.3 Å². The Labute approximate surface area is 458 Å². The minimum absolute atomic E-state index is 0. The molecule has 1 aliphatic rings. The van der Waals surface area contributed by atoms with Crippen LogP contribution < -0.4 is 21.2 Å². The number of nitrogens with zero attached hydrogens (tertiary/aromatic N) is 3. The van der Waals surface area contributed by atoms with E-state index in [9.17, 15) is 0 Å². The van der Waals surface area contributed by atoms with Crippen LogP contribution in [0.4, 0.5) is 11.4 Å². The molecule has 4 bridgehead atoms. The first-order valence-corrected chi connectivity index (χ1v) is 32.5. The van der Waals surface area contributed by atoms with Crippen LogP contribution in [0.3, 0.4) is 0 Å². The number of hydrogen-bond acceptors (Lipinski definition) is 2. The van der Waals surface area contributed by atoms with Gasteiger partial charge in [-0.05, 0) is 151 Å². The monoisotopic (exact) mass is 1100 g/mol. The minimum Gasteiger partial charge on any atom is -0.651 e. The average molecular weight is 1110 g/mol. The van der Waals surface area contributed by atoms with Crippen LogP contribution in [0.25, 0.3) is 80.4 Å². The van der Waals surface area contributed by atoms with Crippen LogP contribution in [0.15, 0.2) is 158 Å². The average Bonchev–Trinajstić information content (AvgIpc) is 3.35. The van der Waals surface area contributed by atoms with Crippen LogP contribution >= 0.6 is 30.9 Å². The Morgan fingerprint density at radius 1 is 0.387 bits per heavy atom. The fourth-order valence-corrected chi connectivity index (χ4v) is 23.2. The Kier molecular flexibility index (Phi) is 15.3. The van der Waals surface area contributed by atoms with Crippen molar-refractivity contribution < 1.29 is 17.1 Å². The standard InChI is InChI=1S/C33H34N2P2.C33H33N2P2.Cu/c2*1-20(2)36-28-11-7-9-24-19-25-10-8-12-29(33(25)35-32(24)28)37(21(3)4)31-18-23(6)14-16-27(31)34-26-15-13-22(5)17-30(26)36;/h7-21,34H,1-6H3;7-21H,1-6H3;/q;-1;+1/p+2. The summed E-state index contributed by atoms with van der Waals surface area (Å²) < 4.78 is 0. The van der Waals surface area contributed by atoms with E-state index >= 15 is 0 Å². The molecule has 9 heteroatoms. The van der Waals surface area contributed by atoms with Gasteiger partial charge in [0.15, 0.2) is 0 Å². The number of nitrogens with one attached hydrogen (secondary N) is 1. The number of rotatable bonds is 4. The largest absolute Gasteiger partial charge is 1.00 e. The third-order valence-electron chi connectivity index (χ3n) is 14.8. The maximum atomic E-state index is 5.55. The molecule has 0 spiro atoms. The molecule has 4 heterocycles. The van der Waals surface area contributed by atoms with E-state index in [1.54, 1.807) is 0 Å². The van der Waals surface area contributed by atoms with E-state index in [2.05, 4.69) is 246 Å². The molecule has 0 saturated carbocycles. The number of aromatic amines is 1. The molecule has 4 unspecified atom stereocenters. The Morgan fingerprint density at radius 2 is 0.747 bits per heavy atom. The summed E-state index contributed by atoms with van der Waals surface area (Å²) in [4.78, 5) is 15.1. The van der Waals surface area contributed by atoms with Crippen molar-refractivity contribution in [2.75, 3.05) is 0 Å². The molecule has 0 radical (unpaired) electrons. The van der Waals surface area contributed by atoms with Crippen LogP contribution in [0.2, 0.25) is 0 Å². The molecule has 0 aliphatic carbocycles. The van der Waals surface area contributed by atoms with Crippen LogP contribution in [-0.4, -0.2) is 26.3 Å². The number of aryl methyl sites for hydroxylation is 4. The maximum Gasteiger partial charge on any atom is 1.00 e. The minimum atomic E-state index is -1.16. The predicted octanol–water partition coefficient (Wildman–Crippen LogP) is 19.4. The summed E-state index contributed by atoms with van der Waals surface area (Å²) in [5.41, 5.74) is 16.5. The summed E-state index contributed by atoms with van der Waals surface area (Å²) in [5, 5.41) is 21.6. The summed E-state index contributed by atoms with van der Waals surface area (Å²) in [6, 6.07) is 59.5. The normalized spacial score (nSPS) is 14.8. The molecule has 0 saturated heterocycles. The molecule has 0 amide bonds. The number of aromatic nitrogens is 3. The summed E-state index contributed by atoms with van der Waals surface area (Å²) in [7, 11) is -3.59. The number of hydrogen-bond donors (Lipinski definition) is 1. The van der Waals surface area contributed by atoms with Crippen molar-refractivity contribution in [1.29, 1.82) is 0 Å². The molecule has 11 aromatic rings. The summed E-state index contributed by atoms with van der Waals surface area (Å²) in [5.74, 6) is 0. The zero-order valence-electron chi connectivity index (χ0n) is 45.4. The molecule has 0 fully saturated rings. The second kappa shape index (κ2) is 21.6. The van der Waals surface area contributed by atoms with Crippen molar-refractivity contribution in [2.45, 2.75) is 106 Å². The summed E-state index contributed by atoms with van der Waals surface area (Å²) >= 11 is 0.